The minimum atomic E-state index is 0.745. The van der Waals surface area contributed by atoms with Crippen LogP contribution in [0.15, 0.2) is 47.2 Å². The number of benzene rings is 1. The summed E-state index contributed by atoms with van der Waals surface area (Å²) in [5, 5.41) is 11.7. The van der Waals surface area contributed by atoms with Crippen molar-refractivity contribution in [1.29, 1.82) is 0 Å². The minimum Gasteiger partial charge on any atom is -0.361 e. The highest BCUT2D eigenvalue weighted by Gasteiger charge is 2.09. The Morgan fingerprint density at radius 1 is 1.14 bits per heavy atom. The van der Waals surface area contributed by atoms with Crippen molar-refractivity contribution in [1.82, 2.24) is 20.3 Å². The van der Waals surface area contributed by atoms with E-state index in [9.17, 15) is 0 Å². The predicted octanol–water partition coefficient (Wildman–Crippen LogP) is 2.77. The Morgan fingerprint density at radius 3 is 2.71 bits per heavy atom. The molecular weight excluding hydrogens is 264 g/mol. The van der Waals surface area contributed by atoms with Gasteiger partial charge in [0.1, 0.15) is 5.76 Å². The first-order valence-electron chi connectivity index (χ1n) is 6.96. The molecule has 0 aliphatic carbocycles. The average Bonchev–Trinajstić information content (AvgIpc) is 3.13. The van der Waals surface area contributed by atoms with E-state index >= 15 is 0 Å². The first kappa shape index (κ1) is 13.6. The van der Waals surface area contributed by atoms with E-state index in [1.807, 2.05) is 42.9 Å². The minimum absolute atomic E-state index is 0.745. The maximum Gasteiger partial charge on any atom is 0.138 e. The van der Waals surface area contributed by atoms with Crippen molar-refractivity contribution in [2.45, 2.75) is 26.9 Å². The van der Waals surface area contributed by atoms with Gasteiger partial charge in [0.05, 0.1) is 11.4 Å². The Hall–Kier alpha value is -2.40. The van der Waals surface area contributed by atoms with Crippen LogP contribution in [0.5, 0.6) is 0 Å². The average molecular weight is 282 g/mol. The van der Waals surface area contributed by atoms with E-state index in [4.69, 9.17) is 4.52 Å². The third-order valence-corrected chi connectivity index (χ3v) is 3.54. The molecule has 2 aromatic heterocycles. The van der Waals surface area contributed by atoms with Gasteiger partial charge in [-0.05, 0) is 31.5 Å². The predicted molar refractivity (Wildman–Crippen MR) is 80.1 cm³/mol. The molecule has 0 radical (unpaired) electrons. The fraction of sp³-hybridized carbons (Fsp3) is 0.250. The van der Waals surface area contributed by atoms with Crippen LogP contribution in [0, 0.1) is 13.8 Å². The highest BCUT2D eigenvalue weighted by atomic mass is 16.5. The first-order chi connectivity index (χ1) is 10.3. The molecule has 108 valence electrons. The van der Waals surface area contributed by atoms with Crippen molar-refractivity contribution >= 4 is 0 Å². The van der Waals surface area contributed by atoms with Gasteiger partial charge in [0, 0.05) is 31.0 Å². The summed E-state index contributed by atoms with van der Waals surface area (Å²) in [6.07, 6.45) is 3.74. The van der Waals surface area contributed by atoms with Crippen LogP contribution in [0.4, 0.5) is 0 Å². The van der Waals surface area contributed by atoms with Gasteiger partial charge in [0.25, 0.3) is 0 Å². The largest absolute Gasteiger partial charge is 0.361 e. The number of rotatable bonds is 5. The van der Waals surface area contributed by atoms with Crippen molar-refractivity contribution in [2.75, 3.05) is 0 Å². The number of para-hydroxylation sites is 1. The fourth-order valence-electron chi connectivity index (χ4n) is 2.37. The van der Waals surface area contributed by atoms with E-state index in [2.05, 4.69) is 27.7 Å². The molecule has 5 nitrogen and oxygen atoms in total. The molecule has 2 heterocycles. The van der Waals surface area contributed by atoms with Gasteiger partial charge in [-0.2, -0.15) is 5.10 Å². The van der Waals surface area contributed by atoms with Crippen LogP contribution in [0.25, 0.3) is 5.69 Å². The maximum absolute atomic E-state index is 5.18. The summed E-state index contributed by atoms with van der Waals surface area (Å²) in [6, 6.07) is 10.2. The summed E-state index contributed by atoms with van der Waals surface area (Å²) in [6.45, 7) is 5.41. The van der Waals surface area contributed by atoms with Crippen LogP contribution >= 0.6 is 0 Å². The standard InChI is InChI=1S/C16H18N4O/c1-12-15(13(2)21-19-12)11-17-10-14-6-3-4-7-16(14)20-9-5-8-18-20/h3-9,17H,10-11H2,1-2H3. The molecule has 1 aromatic carbocycles. The molecule has 5 heteroatoms. The van der Waals surface area contributed by atoms with Crippen LogP contribution < -0.4 is 5.32 Å². The summed E-state index contributed by atoms with van der Waals surface area (Å²) in [7, 11) is 0. The van der Waals surface area contributed by atoms with Gasteiger partial charge in [0.15, 0.2) is 0 Å². The second-order valence-corrected chi connectivity index (χ2v) is 4.99. The lowest BCUT2D eigenvalue weighted by Gasteiger charge is -2.10. The molecular formula is C16H18N4O. The van der Waals surface area contributed by atoms with Gasteiger partial charge >= 0.3 is 0 Å². The van der Waals surface area contributed by atoms with Crippen LogP contribution in [0.1, 0.15) is 22.6 Å². The monoisotopic (exact) mass is 282 g/mol. The zero-order valence-electron chi connectivity index (χ0n) is 12.2. The van der Waals surface area contributed by atoms with E-state index in [0.29, 0.717) is 0 Å². The fourth-order valence-corrected chi connectivity index (χ4v) is 2.37. The van der Waals surface area contributed by atoms with Crippen LogP contribution in [0.3, 0.4) is 0 Å². The maximum atomic E-state index is 5.18. The molecule has 0 aliphatic rings. The normalized spacial score (nSPS) is 11.0. The molecule has 0 amide bonds. The Bertz CT molecular complexity index is 696. The Kier molecular flexibility index (Phi) is 3.83. The van der Waals surface area contributed by atoms with E-state index in [1.165, 1.54) is 5.56 Å². The molecule has 0 unspecified atom stereocenters. The van der Waals surface area contributed by atoms with Crippen molar-refractivity contribution < 1.29 is 4.52 Å². The summed E-state index contributed by atoms with van der Waals surface area (Å²) in [5.41, 5.74) is 4.37. The molecule has 0 saturated heterocycles. The van der Waals surface area contributed by atoms with Crippen molar-refractivity contribution in [2.24, 2.45) is 0 Å². The Morgan fingerprint density at radius 2 is 2.00 bits per heavy atom. The van der Waals surface area contributed by atoms with Crippen LogP contribution in [-0.4, -0.2) is 14.9 Å². The second-order valence-electron chi connectivity index (χ2n) is 4.99. The molecule has 0 bridgehead atoms. The van der Waals surface area contributed by atoms with Gasteiger partial charge in [-0.15, -0.1) is 0 Å². The molecule has 3 aromatic rings. The molecule has 0 aliphatic heterocycles. The smallest absolute Gasteiger partial charge is 0.138 e. The van der Waals surface area contributed by atoms with Crippen molar-refractivity contribution in [3.8, 4) is 5.69 Å². The number of nitrogens with zero attached hydrogens (tertiary/aromatic N) is 3. The summed E-state index contributed by atoms with van der Waals surface area (Å²) >= 11 is 0. The van der Waals surface area contributed by atoms with Crippen molar-refractivity contribution in [3.05, 3.63) is 65.3 Å². The number of nitrogens with one attached hydrogen (secondary N) is 1. The molecule has 0 saturated carbocycles. The third kappa shape index (κ3) is 2.87. The SMILES string of the molecule is Cc1noc(C)c1CNCc1ccccc1-n1cccn1. The van der Waals surface area contributed by atoms with E-state index in [0.717, 1.165) is 35.8 Å². The number of hydrogen-bond acceptors (Lipinski definition) is 4. The van der Waals surface area contributed by atoms with Gasteiger partial charge < -0.3 is 9.84 Å². The number of aromatic nitrogens is 3. The zero-order valence-corrected chi connectivity index (χ0v) is 12.2. The highest BCUT2D eigenvalue weighted by Crippen LogP contribution is 2.15. The van der Waals surface area contributed by atoms with Gasteiger partial charge in [-0.3, -0.25) is 0 Å². The van der Waals surface area contributed by atoms with E-state index in [1.54, 1.807) is 6.20 Å². The van der Waals surface area contributed by atoms with E-state index in [-0.39, 0.29) is 0 Å². The molecule has 0 atom stereocenters. The molecule has 1 N–H and O–H groups in total. The lowest BCUT2D eigenvalue weighted by Crippen LogP contribution is -2.15. The Labute approximate surface area is 123 Å². The third-order valence-electron chi connectivity index (χ3n) is 3.54. The van der Waals surface area contributed by atoms with Gasteiger partial charge in [0.2, 0.25) is 0 Å². The van der Waals surface area contributed by atoms with Gasteiger partial charge in [-0.25, -0.2) is 4.68 Å². The van der Waals surface area contributed by atoms with E-state index < -0.39 is 0 Å². The molecule has 0 fully saturated rings. The van der Waals surface area contributed by atoms with Crippen LogP contribution in [0.2, 0.25) is 0 Å². The van der Waals surface area contributed by atoms with Crippen LogP contribution in [-0.2, 0) is 13.1 Å². The quantitative estimate of drug-likeness (QED) is 0.782. The van der Waals surface area contributed by atoms with Gasteiger partial charge in [-0.1, -0.05) is 23.4 Å². The first-order valence-corrected chi connectivity index (χ1v) is 6.96. The summed E-state index contributed by atoms with van der Waals surface area (Å²) in [4.78, 5) is 0. The topological polar surface area (TPSA) is 55.9 Å². The summed E-state index contributed by atoms with van der Waals surface area (Å²) in [5.74, 6) is 0.875. The highest BCUT2D eigenvalue weighted by molar-refractivity contribution is 5.40. The zero-order chi connectivity index (χ0) is 14.7. The molecule has 3 rings (SSSR count). The number of hydrogen-bond donors (Lipinski definition) is 1. The molecule has 21 heavy (non-hydrogen) atoms. The second kappa shape index (κ2) is 5.93. The Balaban J connectivity index is 1.72. The summed E-state index contributed by atoms with van der Waals surface area (Å²) < 4.78 is 7.06. The van der Waals surface area contributed by atoms with Crippen molar-refractivity contribution in [3.63, 3.8) is 0 Å². The lowest BCUT2D eigenvalue weighted by atomic mass is 10.1. The molecule has 0 spiro atoms. The lowest BCUT2D eigenvalue weighted by molar-refractivity contribution is 0.392. The number of aryl methyl sites for hydroxylation is 2.